The van der Waals surface area contributed by atoms with Gasteiger partial charge in [-0.25, -0.2) is 5.06 Å². The Hall–Kier alpha value is -1.28. The molecule has 0 fully saturated rings. The van der Waals surface area contributed by atoms with Gasteiger partial charge in [0.2, 0.25) is 0 Å². The molecule has 0 spiro atoms. The highest BCUT2D eigenvalue weighted by Gasteiger charge is 2.11. The standard InChI is InChI=1S/C12H14NO/c1-2-10-14-13-9-5-7-11-6-3-4-8-12(11)13/h3-8H,1-2,9-10H2. The minimum atomic E-state index is 0.669. The van der Waals surface area contributed by atoms with E-state index in [1.807, 2.05) is 17.2 Å². The first-order chi connectivity index (χ1) is 6.92. The van der Waals surface area contributed by atoms with Crippen LogP contribution in [0.15, 0.2) is 30.3 Å². The topological polar surface area (TPSA) is 12.5 Å². The van der Waals surface area contributed by atoms with Gasteiger partial charge < -0.3 is 0 Å². The van der Waals surface area contributed by atoms with Crippen LogP contribution in [-0.2, 0) is 4.84 Å². The van der Waals surface area contributed by atoms with Crippen molar-refractivity contribution in [3.8, 4) is 0 Å². The van der Waals surface area contributed by atoms with Crippen LogP contribution in [0.2, 0.25) is 0 Å². The van der Waals surface area contributed by atoms with Gasteiger partial charge in [-0.3, -0.25) is 4.84 Å². The van der Waals surface area contributed by atoms with Crippen molar-refractivity contribution in [1.29, 1.82) is 0 Å². The fourth-order valence-corrected chi connectivity index (χ4v) is 1.53. The lowest BCUT2D eigenvalue weighted by atomic mass is 10.1. The first kappa shape index (κ1) is 9.28. The summed E-state index contributed by atoms with van der Waals surface area (Å²) in [5.41, 5.74) is 2.35. The van der Waals surface area contributed by atoms with Gasteiger partial charge in [-0.15, -0.1) is 0 Å². The van der Waals surface area contributed by atoms with Crippen molar-refractivity contribution in [3.63, 3.8) is 0 Å². The van der Waals surface area contributed by atoms with E-state index in [1.165, 1.54) is 5.56 Å². The van der Waals surface area contributed by atoms with Crippen LogP contribution in [0.1, 0.15) is 12.0 Å². The van der Waals surface area contributed by atoms with Crippen LogP contribution in [-0.4, -0.2) is 13.2 Å². The predicted molar refractivity (Wildman–Crippen MR) is 58.7 cm³/mol. The number of nitrogens with zero attached hydrogens (tertiary/aromatic N) is 1. The van der Waals surface area contributed by atoms with Crippen LogP contribution < -0.4 is 5.06 Å². The quantitative estimate of drug-likeness (QED) is 0.723. The molecule has 14 heavy (non-hydrogen) atoms. The van der Waals surface area contributed by atoms with Crippen molar-refractivity contribution in [1.82, 2.24) is 0 Å². The Morgan fingerprint density at radius 2 is 2.21 bits per heavy atom. The zero-order valence-electron chi connectivity index (χ0n) is 8.15. The first-order valence-electron chi connectivity index (χ1n) is 4.87. The number of anilines is 1. The first-order valence-corrected chi connectivity index (χ1v) is 4.87. The number of fused-ring (bicyclic) bond motifs is 1. The maximum atomic E-state index is 5.58. The monoisotopic (exact) mass is 188 g/mol. The molecule has 1 aromatic carbocycles. The molecular formula is C12H14NO. The van der Waals surface area contributed by atoms with Crippen LogP contribution in [0.5, 0.6) is 0 Å². The molecule has 1 heterocycles. The van der Waals surface area contributed by atoms with Gasteiger partial charge in [0, 0.05) is 0 Å². The van der Waals surface area contributed by atoms with E-state index in [0.29, 0.717) is 6.61 Å². The summed E-state index contributed by atoms with van der Waals surface area (Å²) in [6, 6.07) is 8.22. The van der Waals surface area contributed by atoms with Gasteiger partial charge in [-0.1, -0.05) is 37.3 Å². The molecule has 0 aromatic heterocycles. The van der Waals surface area contributed by atoms with E-state index in [4.69, 9.17) is 4.84 Å². The lowest BCUT2D eigenvalue weighted by Crippen LogP contribution is -2.26. The van der Waals surface area contributed by atoms with Crippen LogP contribution in [0, 0.1) is 6.92 Å². The summed E-state index contributed by atoms with van der Waals surface area (Å²) in [6.07, 6.45) is 5.02. The average molecular weight is 188 g/mol. The molecule has 2 rings (SSSR count). The number of hydrogen-bond donors (Lipinski definition) is 0. The Bertz CT molecular complexity index is 333. The van der Waals surface area contributed by atoms with Gasteiger partial charge >= 0.3 is 0 Å². The Kier molecular flexibility index (Phi) is 2.84. The van der Waals surface area contributed by atoms with Gasteiger partial charge in [0.15, 0.2) is 0 Å². The Labute approximate surface area is 84.8 Å². The third-order valence-electron chi connectivity index (χ3n) is 2.17. The lowest BCUT2D eigenvalue weighted by molar-refractivity contribution is 0.117. The highest BCUT2D eigenvalue weighted by atomic mass is 16.7. The van der Waals surface area contributed by atoms with Crippen molar-refractivity contribution < 1.29 is 4.84 Å². The molecule has 1 aliphatic rings. The molecule has 1 radical (unpaired) electrons. The molecule has 73 valence electrons. The number of rotatable bonds is 3. The molecule has 0 N–H and O–H groups in total. The van der Waals surface area contributed by atoms with Crippen molar-refractivity contribution in [2.45, 2.75) is 6.42 Å². The van der Waals surface area contributed by atoms with Crippen molar-refractivity contribution in [2.75, 3.05) is 18.2 Å². The highest BCUT2D eigenvalue weighted by molar-refractivity contribution is 5.69. The minimum absolute atomic E-state index is 0.669. The van der Waals surface area contributed by atoms with Gasteiger partial charge in [-0.05, 0) is 18.1 Å². The van der Waals surface area contributed by atoms with Gasteiger partial charge in [0.1, 0.15) is 0 Å². The number of para-hydroxylation sites is 1. The van der Waals surface area contributed by atoms with Crippen LogP contribution in [0.4, 0.5) is 5.69 Å². The molecule has 0 unspecified atom stereocenters. The molecule has 2 nitrogen and oxygen atoms in total. The van der Waals surface area contributed by atoms with Crippen LogP contribution in [0.25, 0.3) is 6.08 Å². The van der Waals surface area contributed by atoms with E-state index in [2.05, 4.69) is 31.2 Å². The zero-order valence-corrected chi connectivity index (χ0v) is 8.15. The highest BCUT2D eigenvalue weighted by Crippen LogP contribution is 2.25. The Balaban J connectivity index is 2.18. The molecule has 1 aliphatic heterocycles. The number of hydroxylamine groups is 1. The van der Waals surface area contributed by atoms with Gasteiger partial charge in [0.25, 0.3) is 0 Å². The van der Waals surface area contributed by atoms with Crippen LogP contribution >= 0.6 is 0 Å². The minimum Gasteiger partial charge on any atom is -0.273 e. The zero-order chi connectivity index (χ0) is 9.80. The Morgan fingerprint density at radius 3 is 3.07 bits per heavy atom. The normalized spacial score (nSPS) is 14.2. The molecule has 2 heteroatoms. The van der Waals surface area contributed by atoms with Crippen molar-refractivity contribution in [2.24, 2.45) is 0 Å². The van der Waals surface area contributed by atoms with Crippen LogP contribution in [0.3, 0.4) is 0 Å². The average Bonchev–Trinajstić information content (AvgIpc) is 2.26. The van der Waals surface area contributed by atoms with E-state index in [0.717, 1.165) is 18.7 Å². The molecule has 0 atom stereocenters. The molecule has 0 aliphatic carbocycles. The second-order valence-electron chi connectivity index (χ2n) is 3.21. The number of benzene rings is 1. The van der Waals surface area contributed by atoms with E-state index < -0.39 is 0 Å². The summed E-state index contributed by atoms with van der Waals surface area (Å²) in [6.45, 7) is 5.24. The molecule has 0 saturated carbocycles. The smallest absolute Gasteiger partial charge is 0.0748 e. The second kappa shape index (κ2) is 4.29. The second-order valence-corrected chi connectivity index (χ2v) is 3.21. The summed E-state index contributed by atoms with van der Waals surface area (Å²) in [4.78, 5) is 5.58. The SMILES string of the molecule is [CH2]CCON1CC=Cc2ccccc21. The summed E-state index contributed by atoms with van der Waals surface area (Å²) in [5.74, 6) is 0. The fraction of sp³-hybridized carbons (Fsp3) is 0.250. The Morgan fingerprint density at radius 1 is 1.36 bits per heavy atom. The van der Waals surface area contributed by atoms with Crippen molar-refractivity contribution >= 4 is 11.8 Å². The van der Waals surface area contributed by atoms with E-state index >= 15 is 0 Å². The van der Waals surface area contributed by atoms with Crippen molar-refractivity contribution in [3.05, 3.63) is 42.8 Å². The molecule has 1 aromatic rings. The summed E-state index contributed by atoms with van der Waals surface area (Å²) in [5, 5.41) is 1.92. The molecule has 0 bridgehead atoms. The fourth-order valence-electron chi connectivity index (χ4n) is 1.53. The third-order valence-corrected chi connectivity index (χ3v) is 2.17. The van der Waals surface area contributed by atoms with Gasteiger partial charge in [-0.2, -0.15) is 0 Å². The number of hydrogen-bond acceptors (Lipinski definition) is 2. The molecule has 0 amide bonds. The largest absolute Gasteiger partial charge is 0.273 e. The van der Waals surface area contributed by atoms with E-state index in [-0.39, 0.29) is 0 Å². The lowest BCUT2D eigenvalue weighted by Gasteiger charge is -2.26. The summed E-state index contributed by atoms with van der Waals surface area (Å²) in [7, 11) is 0. The van der Waals surface area contributed by atoms with Gasteiger partial charge in [0.05, 0.1) is 18.8 Å². The predicted octanol–water partition coefficient (Wildman–Crippen LogP) is 2.68. The van der Waals surface area contributed by atoms with E-state index in [1.54, 1.807) is 0 Å². The molecular weight excluding hydrogens is 174 g/mol. The molecule has 0 saturated heterocycles. The summed E-state index contributed by atoms with van der Waals surface area (Å²) < 4.78 is 0. The van der Waals surface area contributed by atoms with E-state index in [9.17, 15) is 0 Å². The third kappa shape index (κ3) is 1.80. The summed E-state index contributed by atoms with van der Waals surface area (Å²) >= 11 is 0. The maximum absolute atomic E-state index is 5.58. The maximum Gasteiger partial charge on any atom is 0.0748 e.